The summed E-state index contributed by atoms with van der Waals surface area (Å²) in [6.45, 7) is 3.16. The van der Waals surface area contributed by atoms with E-state index in [1.54, 1.807) is 0 Å². The molecule has 0 aliphatic carbocycles. The van der Waals surface area contributed by atoms with E-state index in [-0.39, 0.29) is 10.7 Å². The molecule has 2 nitrogen and oxygen atoms in total. The SMILES string of the molecule is CCn1ccc(CNc2ccc(Cl)cc2C(F)(F)F)c1. The Morgan fingerprint density at radius 1 is 1.25 bits per heavy atom. The second kappa shape index (κ2) is 5.79. The number of nitrogens with zero attached hydrogens (tertiary/aromatic N) is 1. The zero-order valence-corrected chi connectivity index (χ0v) is 11.6. The van der Waals surface area contributed by atoms with Crippen molar-refractivity contribution in [1.29, 1.82) is 0 Å². The van der Waals surface area contributed by atoms with Crippen LogP contribution in [0.25, 0.3) is 0 Å². The van der Waals surface area contributed by atoms with Crippen molar-refractivity contribution in [2.75, 3.05) is 5.32 Å². The third kappa shape index (κ3) is 3.48. The van der Waals surface area contributed by atoms with E-state index in [4.69, 9.17) is 11.6 Å². The fourth-order valence-corrected chi connectivity index (χ4v) is 2.07. The van der Waals surface area contributed by atoms with E-state index in [1.807, 2.05) is 30.0 Å². The Morgan fingerprint density at radius 3 is 2.60 bits per heavy atom. The van der Waals surface area contributed by atoms with Gasteiger partial charge in [-0.15, -0.1) is 0 Å². The van der Waals surface area contributed by atoms with Crippen molar-refractivity contribution in [1.82, 2.24) is 4.57 Å². The molecule has 0 spiro atoms. The predicted octanol–water partition coefficient (Wildman–Crippen LogP) is 4.79. The van der Waals surface area contributed by atoms with Crippen LogP contribution in [0, 0.1) is 0 Å². The van der Waals surface area contributed by atoms with Crippen LogP contribution in [0.1, 0.15) is 18.1 Å². The van der Waals surface area contributed by atoms with Crippen molar-refractivity contribution < 1.29 is 13.2 Å². The van der Waals surface area contributed by atoms with Crippen LogP contribution < -0.4 is 5.32 Å². The topological polar surface area (TPSA) is 17.0 Å². The summed E-state index contributed by atoms with van der Waals surface area (Å²) in [5, 5.41) is 2.88. The maximum absolute atomic E-state index is 12.9. The zero-order valence-electron chi connectivity index (χ0n) is 10.8. The summed E-state index contributed by atoms with van der Waals surface area (Å²) < 4.78 is 40.7. The minimum absolute atomic E-state index is 0.0335. The molecule has 0 saturated heterocycles. The lowest BCUT2D eigenvalue weighted by Crippen LogP contribution is -2.10. The Hall–Kier alpha value is -1.62. The number of benzene rings is 1. The number of aromatic nitrogens is 1. The molecule has 0 unspecified atom stereocenters. The average molecular weight is 303 g/mol. The summed E-state index contributed by atoms with van der Waals surface area (Å²) in [6.07, 6.45) is -0.637. The van der Waals surface area contributed by atoms with E-state index in [9.17, 15) is 13.2 Å². The lowest BCUT2D eigenvalue weighted by molar-refractivity contribution is -0.136. The highest BCUT2D eigenvalue weighted by atomic mass is 35.5. The number of hydrogen-bond acceptors (Lipinski definition) is 1. The number of halogens is 4. The molecule has 0 aliphatic heterocycles. The fraction of sp³-hybridized carbons (Fsp3) is 0.286. The summed E-state index contributed by atoms with van der Waals surface area (Å²) >= 11 is 5.63. The van der Waals surface area contributed by atoms with Crippen molar-refractivity contribution >= 4 is 17.3 Å². The molecule has 6 heteroatoms. The summed E-state index contributed by atoms with van der Waals surface area (Å²) in [5.74, 6) is 0. The molecule has 2 rings (SSSR count). The molecule has 0 aliphatic rings. The minimum atomic E-state index is -4.43. The summed E-state index contributed by atoms with van der Waals surface area (Å²) in [7, 11) is 0. The first kappa shape index (κ1) is 14.8. The lowest BCUT2D eigenvalue weighted by atomic mass is 10.1. The molecule has 0 saturated carbocycles. The molecule has 1 N–H and O–H groups in total. The van der Waals surface area contributed by atoms with Gasteiger partial charge in [-0.25, -0.2) is 0 Å². The van der Waals surface area contributed by atoms with E-state index in [1.165, 1.54) is 12.1 Å². The fourth-order valence-electron chi connectivity index (χ4n) is 1.89. The van der Waals surface area contributed by atoms with Gasteiger partial charge in [0.2, 0.25) is 0 Å². The number of rotatable bonds is 4. The number of hydrogen-bond donors (Lipinski definition) is 1. The van der Waals surface area contributed by atoms with Crippen molar-refractivity contribution in [3.05, 3.63) is 52.8 Å². The Bertz CT molecular complexity index is 590. The third-order valence-corrected chi connectivity index (χ3v) is 3.18. The standard InChI is InChI=1S/C14H14ClF3N2/c1-2-20-6-5-10(9-20)8-19-13-4-3-11(15)7-12(13)14(16,17)18/h3-7,9,19H,2,8H2,1H3. The van der Waals surface area contributed by atoms with Crippen LogP contribution in [0.4, 0.5) is 18.9 Å². The quantitative estimate of drug-likeness (QED) is 0.859. The molecule has 20 heavy (non-hydrogen) atoms. The minimum Gasteiger partial charge on any atom is -0.380 e. The number of anilines is 1. The smallest absolute Gasteiger partial charge is 0.380 e. The Kier molecular flexibility index (Phi) is 4.28. The van der Waals surface area contributed by atoms with Gasteiger partial charge in [-0.05, 0) is 36.8 Å². The largest absolute Gasteiger partial charge is 0.418 e. The Balaban J connectivity index is 2.17. The van der Waals surface area contributed by atoms with Crippen molar-refractivity contribution in [3.63, 3.8) is 0 Å². The molecule has 0 atom stereocenters. The monoisotopic (exact) mass is 302 g/mol. The van der Waals surface area contributed by atoms with Crippen LogP contribution in [0.3, 0.4) is 0 Å². The van der Waals surface area contributed by atoms with Crippen molar-refractivity contribution in [2.45, 2.75) is 26.2 Å². The second-order valence-corrected chi connectivity index (χ2v) is 4.83. The van der Waals surface area contributed by atoms with E-state index < -0.39 is 11.7 Å². The first-order valence-corrected chi connectivity index (χ1v) is 6.53. The van der Waals surface area contributed by atoms with Gasteiger partial charge < -0.3 is 9.88 Å². The first-order chi connectivity index (χ1) is 9.40. The van der Waals surface area contributed by atoms with E-state index in [2.05, 4.69) is 5.32 Å². The molecule has 0 fully saturated rings. The van der Waals surface area contributed by atoms with Crippen LogP contribution >= 0.6 is 11.6 Å². The summed E-state index contributed by atoms with van der Waals surface area (Å²) in [4.78, 5) is 0. The highest BCUT2D eigenvalue weighted by Crippen LogP contribution is 2.36. The van der Waals surface area contributed by atoms with Gasteiger partial charge in [0.25, 0.3) is 0 Å². The number of aryl methyl sites for hydroxylation is 1. The summed E-state index contributed by atoms with van der Waals surface area (Å²) in [5.41, 5.74) is 0.209. The molecular weight excluding hydrogens is 289 g/mol. The van der Waals surface area contributed by atoms with Crippen molar-refractivity contribution in [2.24, 2.45) is 0 Å². The normalized spacial score (nSPS) is 11.7. The van der Waals surface area contributed by atoms with Gasteiger partial charge in [0, 0.05) is 36.2 Å². The molecule has 108 valence electrons. The van der Waals surface area contributed by atoms with Gasteiger partial charge in [0.05, 0.1) is 5.56 Å². The van der Waals surface area contributed by atoms with E-state index in [0.29, 0.717) is 6.54 Å². The highest BCUT2D eigenvalue weighted by molar-refractivity contribution is 6.30. The number of nitrogens with one attached hydrogen (secondary N) is 1. The van der Waals surface area contributed by atoms with Crippen LogP contribution in [-0.2, 0) is 19.3 Å². The van der Waals surface area contributed by atoms with Gasteiger partial charge in [-0.1, -0.05) is 11.6 Å². The maximum Gasteiger partial charge on any atom is 0.418 e. The molecule has 0 bridgehead atoms. The van der Waals surface area contributed by atoms with Gasteiger partial charge in [0.1, 0.15) is 0 Å². The van der Waals surface area contributed by atoms with Crippen molar-refractivity contribution in [3.8, 4) is 0 Å². The summed E-state index contributed by atoms with van der Waals surface area (Å²) in [6, 6.07) is 5.60. The van der Waals surface area contributed by atoms with Crippen LogP contribution in [0.5, 0.6) is 0 Å². The molecular formula is C14H14ClF3N2. The molecule has 1 aromatic carbocycles. The third-order valence-electron chi connectivity index (χ3n) is 2.95. The Labute approximate surface area is 120 Å². The molecule has 2 aromatic rings. The zero-order chi connectivity index (χ0) is 14.8. The highest BCUT2D eigenvalue weighted by Gasteiger charge is 2.33. The van der Waals surface area contributed by atoms with Crippen LogP contribution in [-0.4, -0.2) is 4.57 Å². The Morgan fingerprint density at radius 2 is 2.00 bits per heavy atom. The second-order valence-electron chi connectivity index (χ2n) is 4.39. The maximum atomic E-state index is 12.9. The molecule has 1 heterocycles. The predicted molar refractivity (Wildman–Crippen MR) is 73.9 cm³/mol. The average Bonchev–Trinajstić information content (AvgIpc) is 2.84. The van der Waals surface area contributed by atoms with Crippen LogP contribution in [0.15, 0.2) is 36.7 Å². The van der Waals surface area contributed by atoms with Gasteiger partial charge in [-0.3, -0.25) is 0 Å². The van der Waals surface area contributed by atoms with E-state index >= 15 is 0 Å². The molecule has 0 amide bonds. The van der Waals surface area contributed by atoms with E-state index in [0.717, 1.165) is 18.2 Å². The van der Waals surface area contributed by atoms with Gasteiger partial charge in [0.15, 0.2) is 0 Å². The molecule has 1 aromatic heterocycles. The first-order valence-electron chi connectivity index (χ1n) is 6.15. The number of alkyl halides is 3. The van der Waals surface area contributed by atoms with Crippen LogP contribution in [0.2, 0.25) is 5.02 Å². The molecule has 0 radical (unpaired) electrons. The lowest BCUT2D eigenvalue weighted by Gasteiger charge is -2.14. The van der Waals surface area contributed by atoms with Gasteiger partial charge in [-0.2, -0.15) is 13.2 Å². The van der Waals surface area contributed by atoms with Gasteiger partial charge >= 0.3 is 6.18 Å².